The SMILES string of the molecule is CCCC1=C([C@H](O)CC/C(=C/c2cc(Br)ccc2O)c2ccccc2)[C@H](CO)[C@@H]2C(=O)N(Cc3cccs3)C(=O)[C@@H]2C1. The number of carbonyl (C=O) groups excluding carboxylic acids is 2. The van der Waals surface area contributed by atoms with Gasteiger partial charge in [-0.05, 0) is 78.1 Å². The number of rotatable bonds is 11. The normalized spacial score (nSPS) is 21.7. The number of phenolic OH excluding ortho intramolecular Hbond substituents is 1. The fraction of sp³-hybridized carbons (Fsp3) is 0.353. The molecule has 0 radical (unpaired) electrons. The molecule has 2 aliphatic rings. The van der Waals surface area contributed by atoms with Gasteiger partial charge in [-0.25, -0.2) is 0 Å². The van der Waals surface area contributed by atoms with Crippen molar-refractivity contribution in [1.82, 2.24) is 4.90 Å². The molecule has 220 valence electrons. The highest BCUT2D eigenvalue weighted by Gasteiger charge is 2.54. The first-order valence-electron chi connectivity index (χ1n) is 14.4. The van der Waals surface area contributed by atoms with Crippen molar-refractivity contribution >= 4 is 50.7 Å². The molecule has 5 rings (SSSR count). The Labute approximate surface area is 259 Å². The number of fused-ring (bicyclic) bond motifs is 1. The molecule has 1 aromatic heterocycles. The van der Waals surface area contributed by atoms with E-state index in [1.807, 2.05) is 60.0 Å². The fourth-order valence-electron chi connectivity index (χ4n) is 6.51. The van der Waals surface area contributed by atoms with Crippen molar-refractivity contribution in [2.45, 2.75) is 51.7 Å². The van der Waals surface area contributed by atoms with Gasteiger partial charge >= 0.3 is 0 Å². The van der Waals surface area contributed by atoms with E-state index in [0.717, 1.165) is 38.1 Å². The number of hydrogen-bond acceptors (Lipinski definition) is 6. The van der Waals surface area contributed by atoms with Crippen molar-refractivity contribution < 1.29 is 24.9 Å². The lowest BCUT2D eigenvalue weighted by Gasteiger charge is -2.36. The van der Waals surface area contributed by atoms with Crippen molar-refractivity contribution in [3.63, 3.8) is 0 Å². The first kappa shape index (κ1) is 30.4. The molecule has 0 saturated carbocycles. The maximum Gasteiger partial charge on any atom is 0.234 e. The van der Waals surface area contributed by atoms with Gasteiger partial charge < -0.3 is 15.3 Å². The minimum atomic E-state index is -0.887. The van der Waals surface area contributed by atoms with Gasteiger partial charge in [0.25, 0.3) is 0 Å². The molecule has 2 amide bonds. The highest BCUT2D eigenvalue weighted by Crippen LogP contribution is 2.48. The summed E-state index contributed by atoms with van der Waals surface area (Å²) in [4.78, 5) is 29.4. The number of imide groups is 1. The lowest BCUT2D eigenvalue weighted by atomic mass is 9.67. The third-order valence-electron chi connectivity index (χ3n) is 8.43. The van der Waals surface area contributed by atoms with Crippen molar-refractivity contribution in [1.29, 1.82) is 0 Å². The second kappa shape index (κ2) is 13.5. The van der Waals surface area contributed by atoms with Crippen LogP contribution in [0.2, 0.25) is 0 Å². The van der Waals surface area contributed by atoms with Crippen LogP contribution in [0, 0.1) is 17.8 Å². The van der Waals surface area contributed by atoms with Crippen molar-refractivity contribution in [3.8, 4) is 5.75 Å². The summed E-state index contributed by atoms with van der Waals surface area (Å²) >= 11 is 4.99. The molecule has 1 aliphatic carbocycles. The standard InChI is InChI=1S/C34H36BrNO5S/c1-2-7-23-18-27-32(34(41)36(33(27)40)19-26-10-6-15-42-26)28(20-37)31(23)30(39)13-11-22(21-8-4-3-5-9-21)16-24-17-25(35)12-14-29(24)38/h3-6,8-10,12,14-17,27-28,30,32,37-39H,2,7,11,13,18-20H2,1H3/b22-16-/t27-,28+,30-,32-/m1/s1. The summed E-state index contributed by atoms with van der Waals surface area (Å²) in [5.41, 5.74) is 4.30. The number of benzene rings is 2. The number of aliphatic hydroxyl groups excluding tert-OH is 2. The zero-order chi connectivity index (χ0) is 29.8. The van der Waals surface area contributed by atoms with E-state index in [2.05, 4.69) is 22.9 Å². The lowest BCUT2D eigenvalue weighted by Crippen LogP contribution is -2.39. The van der Waals surface area contributed by atoms with E-state index in [9.17, 15) is 24.9 Å². The number of thiophene rings is 1. The van der Waals surface area contributed by atoms with E-state index in [-0.39, 0.29) is 30.7 Å². The second-order valence-corrected chi connectivity index (χ2v) is 13.0. The van der Waals surface area contributed by atoms with Crippen LogP contribution in [-0.2, 0) is 16.1 Å². The summed E-state index contributed by atoms with van der Waals surface area (Å²) in [6.07, 6.45) is 3.88. The van der Waals surface area contributed by atoms with Crippen molar-refractivity contribution in [2.75, 3.05) is 6.61 Å². The van der Waals surface area contributed by atoms with E-state index < -0.39 is 23.9 Å². The van der Waals surface area contributed by atoms with E-state index in [4.69, 9.17) is 0 Å². The topological polar surface area (TPSA) is 98.1 Å². The number of amides is 2. The molecule has 0 spiro atoms. The summed E-state index contributed by atoms with van der Waals surface area (Å²) < 4.78 is 0.847. The second-order valence-electron chi connectivity index (χ2n) is 11.1. The summed E-state index contributed by atoms with van der Waals surface area (Å²) in [5.74, 6) is -2.06. The van der Waals surface area contributed by atoms with Gasteiger partial charge in [0.15, 0.2) is 0 Å². The summed E-state index contributed by atoms with van der Waals surface area (Å²) in [6.45, 7) is 2.00. The highest BCUT2D eigenvalue weighted by molar-refractivity contribution is 9.10. The number of phenols is 1. The van der Waals surface area contributed by atoms with Gasteiger partial charge in [0.1, 0.15) is 5.75 Å². The third kappa shape index (κ3) is 6.32. The molecule has 1 fully saturated rings. The minimum absolute atomic E-state index is 0.162. The molecule has 2 heterocycles. The van der Waals surface area contributed by atoms with Crippen LogP contribution in [0.3, 0.4) is 0 Å². The summed E-state index contributed by atoms with van der Waals surface area (Å²) in [6, 6.07) is 18.9. The Balaban J connectivity index is 1.43. The molecule has 2 aromatic carbocycles. The number of carbonyl (C=O) groups is 2. The van der Waals surface area contributed by atoms with Gasteiger partial charge in [-0.15, -0.1) is 11.3 Å². The number of aliphatic hydroxyl groups is 2. The molecule has 6 nitrogen and oxygen atoms in total. The molecule has 4 atom stereocenters. The van der Waals surface area contributed by atoms with Gasteiger partial charge in [-0.2, -0.15) is 0 Å². The molecule has 1 saturated heterocycles. The predicted octanol–water partition coefficient (Wildman–Crippen LogP) is 6.81. The van der Waals surface area contributed by atoms with E-state index in [1.54, 1.807) is 12.1 Å². The maximum absolute atomic E-state index is 13.6. The highest BCUT2D eigenvalue weighted by atomic mass is 79.9. The van der Waals surface area contributed by atoms with Crippen molar-refractivity contribution in [3.05, 3.63) is 97.7 Å². The number of aromatic hydroxyl groups is 1. The van der Waals surface area contributed by atoms with Gasteiger partial charge in [0.2, 0.25) is 11.8 Å². The quantitative estimate of drug-likeness (QED) is 0.120. The predicted molar refractivity (Wildman–Crippen MR) is 169 cm³/mol. The van der Waals surface area contributed by atoms with E-state index in [0.29, 0.717) is 31.2 Å². The number of allylic oxidation sites excluding steroid dienone is 2. The molecular weight excluding hydrogens is 614 g/mol. The first-order valence-corrected chi connectivity index (χ1v) is 16.1. The molecule has 42 heavy (non-hydrogen) atoms. The fourth-order valence-corrected chi connectivity index (χ4v) is 7.58. The molecule has 3 N–H and O–H groups in total. The zero-order valence-corrected chi connectivity index (χ0v) is 26.0. The van der Waals surface area contributed by atoms with Gasteiger partial charge in [-0.1, -0.05) is 71.2 Å². The Morgan fingerprint density at radius 2 is 1.90 bits per heavy atom. The van der Waals surface area contributed by atoms with Crippen LogP contribution >= 0.6 is 27.3 Å². The van der Waals surface area contributed by atoms with Crippen LogP contribution in [0.5, 0.6) is 5.75 Å². The summed E-state index contributed by atoms with van der Waals surface area (Å²) in [7, 11) is 0. The van der Waals surface area contributed by atoms with Crippen LogP contribution in [0.4, 0.5) is 0 Å². The molecule has 3 aromatic rings. The monoisotopic (exact) mass is 649 g/mol. The van der Waals surface area contributed by atoms with Crippen LogP contribution in [0.1, 0.15) is 55.0 Å². The smallest absolute Gasteiger partial charge is 0.234 e. The third-order valence-corrected chi connectivity index (χ3v) is 9.78. The number of hydrogen-bond donors (Lipinski definition) is 3. The number of halogens is 1. The Hall–Kier alpha value is -3.04. The molecular formula is C34H36BrNO5S. The van der Waals surface area contributed by atoms with Gasteiger partial charge in [0, 0.05) is 20.8 Å². The van der Waals surface area contributed by atoms with Gasteiger partial charge in [-0.3, -0.25) is 14.5 Å². The number of likely N-dealkylation sites (tertiary alicyclic amines) is 1. The first-order chi connectivity index (χ1) is 20.3. The summed E-state index contributed by atoms with van der Waals surface area (Å²) in [5, 5.41) is 34.8. The number of nitrogens with zero attached hydrogens (tertiary/aromatic N) is 1. The minimum Gasteiger partial charge on any atom is -0.507 e. The van der Waals surface area contributed by atoms with Crippen LogP contribution in [0.15, 0.2) is 81.7 Å². The van der Waals surface area contributed by atoms with Crippen molar-refractivity contribution in [2.24, 2.45) is 17.8 Å². The Kier molecular flexibility index (Phi) is 9.78. The zero-order valence-electron chi connectivity index (χ0n) is 23.6. The molecule has 1 aliphatic heterocycles. The van der Waals surface area contributed by atoms with Crippen LogP contribution < -0.4 is 0 Å². The van der Waals surface area contributed by atoms with E-state index in [1.165, 1.54) is 16.2 Å². The average Bonchev–Trinajstić information content (AvgIpc) is 3.59. The largest absolute Gasteiger partial charge is 0.507 e. The Morgan fingerprint density at radius 1 is 1.12 bits per heavy atom. The molecule has 8 heteroatoms. The average molecular weight is 651 g/mol. The van der Waals surface area contributed by atoms with Crippen LogP contribution in [0.25, 0.3) is 11.6 Å². The van der Waals surface area contributed by atoms with Gasteiger partial charge in [0.05, 0.1) is 31.1 Å². The maximum atomic E-state index is 13.6. The lowest BCUT2D eigenvalue weighted by molar-refractivity contribution is -0.140. The molecule has 0 unspecified atom stereocenters. The Morgan fingerprint density at radius 3 is 2.60 bits per heavy atom. The van der Waals surface area contributed by atoms with Crippen LogP contribution in [-0.4, -0.2) is 44.7 Å². The molecule has 0 bridgehead atoms. The Bertz CT molecular complexity index is 1480. The van der Waals surface area contributed by atoms with E-state index >= 15 is 0 Å².